The zero-order chi connectivity index (χ0) is 12.3. The second kappa shape index (κ2) is 4.71. The number of rotatable bonds is 3. The van der Waals surface area contributed by atoms with Gasteiger partial charge in [0.2, 0.25) is 0 Å². The topological polar surface area (TPSA) is 62.1 Å². The van der Waals surface area contributed by atoms with Crippen LogP contribution in [0, 0.1) is 0 Å². The largest absolute Gasteiger partial charge is 0.478 e. The van der Waals surface area contributed by atoms with Crippen LogP contribution in [0.1, 0.15) is 0 Å². The van der Waals surface area contributed by atoms with E-state index >= 15 is 0 Å². The number of aliphatic imine (C=N–C) groups is 1. The quantitative estimate of drug-likeness (QED) is 0.830. The zero-order valence-corrected chi connectivity index (χ0v) is 8.42. The lowest BCUT2D eigenvalue weighted by Crippen LogP contribution is -2.30. The highest BCUT2D eigenvalue weighted by molar-refractivity contribution is 6.72. The third kappa shape index (κ3) is 3.70. The number of aliphatic carboxylic acids is 1. The molecule has 0 aromatic heterocycles. The summed E-state index contributed by atoms with van der Waals surface area (Å²) in [5.74, 6) is -1.39. The summed E-state index contributed by atoms with van der Waals surface area (Å²) in [5.41, 5.74) is -0.421. The maximum atomic E-state index is 11.8. The second-order valence-electron chi connectivity index (χ2n) is 2.74. The number of hydrogen-bond acceptors (Lipinski definition) is 4. The fourth-order valence-electron chi connectivity index (χ4n) is 0.833. The van der Waals surface area contributed by atoms with Gasteiger partial charge in [-0.15, -0.1) is 0 Å². The molecule has 5 nitrogen and oxygen atoms in total. The second-order valence-corrected chi connectivity index (χ2v) is 3.10. The van der Waals surface area contributed by atoms with E-state index in [9.17, 15) is 18.0 Å². The van der Waals surface area contributed by atoms with Crippen molar-refractivity contribution < 1.29 is 27.9 Å². The molecule has 0 amide bonds. The summed E-state index contributed by atoms with van der Waals surface area (Å²) in [5, 5.41) is 8.99. The molecule has 0 aromatic rings. The van der Waals surface area contributed by atoms with Crippen LogP contribution in [-0.4, -0.2) is 40.8 Å². The summed E-state index contributed by atoms with van der Waals surface area (Å²) in [6.45, 7) is -1.81. The summed E-state index contributed by atoms with van der Waals surface area (Å²) >= 11 is 5.43. The number of carbonyl (C=O) groups is 1. The van der Waals surface area contributed by atoms with E-state index in [0.29, 0.717) is 5.06 Å². The molecule has 0 aromatic carbocycles. The van der Waals surface area contributed by atoms with Crippen LogP contribution in [0.2, 0.25) is 0 Å². The highest BCUT2D eigenvalue weighted by Crippen LogP contribution is 2.17. The molecular formula is C7H6ClF3N2O3. The number of carboxylic acid groups (broad SMARTS) is 1. The van der Waals surface area contributed by atoms with Crippen LogP contribution >= 0.6 is 11.6 Å². The molecule has 0 unspecified atom stereocenters. The molecule has 1 aliphatic rings. The number of hydroxylamine groups is 2. The lowest BCUT2D eigenvalue weighted by molar-refractivity contribution is -0.236. The molecule has 1 heterocycles. The Balaban J connectivity index is 2.63. The first-order valence-electron chi connectivity index (χ1n) is 3.91. The van der Waals surface area contributed by atoms with Gasteiger partial charge in [0.05, 0.1) is 0 Å². The average Bonchev–Trinajstić information content (AvgIpc) is 2.14. The number of hydrogen-bond donors (Lipinski definition) is 1. The summed E-state index contributed by atoms with van der Waals surface area (Å²) in [4.78, 5) is 18.3. The normalized spacial score (nSPS) is 16.9. The fraction of sp³-hybridized carbons (Fsp3) is 0.429. The third-order valence-electron chi connectivity index (χ3n) is 1.47. The van der Waals surface area contributed by atoms with E-state index in [0.717, 1.165) is 6.20 Å². The molecule has 0 bridgehead atoms. The number of nitrogens with zero attached hydrogens (tertiary/aromatic N) is 2. The molecule has 16 heavy (non-hydrogen) atoms. The molecule has 9 heteroatoms. The Morgan fingerprint density at radius 3 is 2.81 bits per heavy atom. The van der Waals surface area contributed by atoms with Crippen molar-refractivity contribution in [2.45, 2.75) is 6.18 Å². The molecule has 0 spiro atoms. The van der Waals surface area contributed by atoms with Crippen LogP contribution in [0.15, 0.2) is 16.8 Å². The monoisotopic (exact) mass is 258 g/mol. The predicted octanol–water partition coefficient (Wildman–Crippen LogP) is 1.36. The molecule has 1 N–H and O–H groups in total. The highest BCUT2D eigenvalue weighted by atomic mass is 35.5. The van der Waals surface area contributed by atoms with Gasteiger partial charge in [-0.2, -0.15) is 13.2 Å². The van der Waals surface area contributed by atoms with Gasteiger partial charge in [-0.3, -0.25) is 4.84 Å². The molecule has 0 atom stereocenters. The first kappa shape index (κ1) is 12.8. The van der Waals surface area contributed by atoms with E-state index in [1.54, 1.807) is 0 Å². The van der Waals surface area contributed by atoms with Crippen molar-refractivity contribution in [3.63, 3.8) is 0 Å². The van der Waals surface area contributed by atoms with Crippen molar-refractivity contribution in [3.05, 3.63) is 11.8 Å². The predicted molar refractivity (Wildman–Crippen MR) is 47.7 cm³/mol. The minimum absolute atomic E-state index is 0.278. The maximum absolute atomic E-state index is 11.8. The van der Waals surface area contributed by atoms with Gasteiger partial charge in [0.15, 0.2) is 6.61 Å². The molecule has 0 saturated heterocycles. The fourth-order valence-corrected chi connectivity index (χ4v) is 1.02. The van der Waals surface area contributed by atoms with E-state index in [4.69, 9.17) is 16.7 Å². The average molecular weight is 259 g/mol. The van der Waals surface area contributed by atoms with Gasteiger partial charge in [-0.25, -0.2) is 14.9 Å². The Kier molecular flexibility index (Phi) is 3.76. The smallest absolute Gasteiger partial charge is 0.414 e. The Bertz CT molecular complexity index is 353. The maximum Gasteiger partial charge on any atom is 0.414 e. The minimum Gasteiger partial charge on any atom is -0.478 e. The highest BCUT2D eigenvalue weighted by Gasteiger charge is 2.30. The summed E-state index contributed by atoms with van der Waals surface area (Å²) in [6, 6.07) is 0. The van der Waals surface area contributed by atoms with Gasteiger partial charge in [0.25, 0.3) is 0 Å². The Morgan fingerprint density at radius 2 is 2.31 bits per heavy atom. The van der Waals surface area contributed by atoms with Gasteiger partial charge in [0, 0.05) is 6.20 Å². The van der Waals surface area contributed by atoms with Crippen molar-refractivity contribution >= 4 is 22.7 Å². The van der Waals surface area contributed by atoms with Gasteiger partial charge in [0.1, 0.15) is 17.4 Å². The molecule has 1 aliphatic heterocycles. The zero-order valence-electron chi connectivity index (χ0n) is 7.66. The summed E-state index contributed by atoms with van der Waals surface area (Å²) < 4.78 is 35.4. The van der Waals surface area contributed by atoms with Crippen molar-refractivity contribution in [1.82, 2.24) is 5.06 Å². The Labute approximate surface area is 92.7 Å². The van der Waals surface area contributed by atoms with Crippen LogP contribution in [0.5, 0.6) is 0 Å². The summed E-state index contributed by atoms with van der Waals surface area (Å²) in [7, 11) is 0. The SMILES string of the molecule is O=C(O)C1=CN(OCC(F)(F)F)CN=C1Cl. The lowest BCUT2D eigenvalue weighted by atomic mass is 10.3. The van der Waals surface area contributed by atoms with Crippen molar-refractivity contribution in [2.75, 3.05) is 13.3 Å². The van der Waals surface area contributed by atoms with Crippen LogP contribution in [-0.2, 0) is 9.63 Å². The summed E-state index contributed by atoms with van der Waals surface area (Å²) in [6.07, 6.45) is -3.65. The lowest BCUT2D eigenvalue weighted by Gasteiger charge is -2.22. The third-order valence-corrected chi connectivity index (χ3v) is 1.79. The first-order chi connectivity index (χ1) is 7.29. The van der Waals surface area contributed by atoms with Crippen LogP contribution < -0.4 is 0 Å². The van der Waals surface area contributed by atoms with E-state index < -0.39 is 24.3 Å². The molecule has 1 rings (SSSR count). The number of alkyl halides is 3. The molecule has 0 fully saturated rings. The van der Waals surface area contributed by atoms with Gasteiger partial charge >= 0.3 is 12.1 Å². The molecule has 0 radical (unpaired) electrons. The van der Waals surface area contributed by atoms with Crippen molar-refractivity contribution in [2.24, 2.45) is 4.99 Å². The Morgan fingerprint density at radius 1 is 1.69 bits per heavy atom. The number of carboxylic acids is 1. The standard InChI is InChI=1S/C7H6ClF3N2O3/c8-5-4(6(14)15)1-13(3-12-5)16-2-7(9,10)11/h1H,2-3H2,(H,14,15). The molecular weight excluding hydrogens is 253 g/mol. The van der Waals surface area contributed by atoms with Gasteiger partial charge in [-0.1, -0.05) is 11.6 Å². The van der Waals surface area contributed by atoms with Crippen LogP contribution in [0.4, 0.5) is 13.2 Å². The Hall–Kier alpha value is -1.28. The van der Waals surface area contributed by atoms with Gasteiger partial charge < -0.3 is 5.11 Å². The van der Waals surface area contributed by atoms with E-state index in [1.807, 2.05) is 0 Å². The van der Waals surface area contributed by atoms with E-state index in [-0.39, 0.29) is 11.8 Å². The minimum atomic E-state index is -4.50. The van der Waals surface area contributed by atoms with Gasteiger partial charge in [-0.05, 0) is 0 Å². The van der Waals surface area contributed by atoms with E-state index in [2.05, 4.69) is 9.83 Å². The molecule has 0 saturated carbocycles. The first-order valence-corrected chi connectivity index (χ1v) is 4.29. The van der Waals surface area contributed by atoms with E-state index in [1.165, 1.54) is 0 Å². The van der Waals surface area contributed by atoms with Crippen molar-refractivity contribution in [3.8, 4) is 0 Å². The number of halogens is 4. The van der Waals surface area contributed by atoms with Crippen LogP contribution in [0.25, 0.3) is 0 Å². The molecule has 90 valence electrons. The van der Waals surface area contributed by atoms with Crippen LogP contribution in [0.3, 0.4) is 0 Å². The van der Waals surface area contributed by atoms with Crippen molar-refractivity contribution in [1.29, 1.82) is 0 Å². The molecule has 0 aliphatic carbocycles.